The summed E-state index contributed by atoms with van der Waals surface area (Å²) in [5.74, 6) is 0.819. The van der Waals surface area contributed by atoms with Gasteiger partial charge < -0.3 is 15.1 Å². The van der Waals surface area contributed by atoms with Crippen LogP contribution in [0.4, 0.5) is 17.2 Å². The molecule has 7 heteroatoms. The van der Waals surface area contributed by atoms with Gasteiger partial charge in [-0.1, -0.05) is 17.7 Å². The van der Waals surface area contributed by atoms with Gasteiger partial charge in [-0.15, -0.1) is 0 Å². The Morgan fingerprint density at radius 1 is 1.30 bits per heavy atom. The molecule has 0 aliphatic carbocycles. The molecule has 1 amide bonds. The second kappa shape index (κ2) is 8.28. The number of rotatable bonds is 4. The fourth-order valence-corrected chi connectivity index (χ4v) is 3.66. The molecule has 3 rings (SSSR count). The number of pyridine rings is 1. The van der Waals surface area contributed by atoms with E-state index in [-0.39, 0.29) is 11.8 Å². The van der Waals surface area contributed by atoms with Crippen molar-refractivity contribution >= 4 is 34.7 Å². The number of anilines is 3. The summed E-state index contributed by atoms with van der Waals surface area (Å²) in [6.45, 7) is 1.51. The van der Waals surface area contributed by atoms with Crippen LogP contribution in [-0.4, -0.2) is 38.1 Å². The largest absolute Gasteiger partial charge is 0.375 e. The number of para-hydroxylation sites is 1. The molecule has 0 atom stereocenters. The van der Waals surface area contributed by atoms with E-state index in [2.05, 4.69) is 21.3 Å². The third-order valence-corrected chi connectivity index (χ3v) is 5.06. The standard InChI is InChI=1S/C20H22ClN5O/c1-25(2)19-16(21)4-3-5-17(19)24-20(27)15-8-10-26(11-9-15)18-7-6-14(12-22)13-23-18/h3-7,13,15H,8-11H2,1-2H3,(H,24,27). The first-order valence-electron chi connectivity index (χ1n) is 8.87. The fraction of sp³-hybridized carbons (Fsp3) is 0.350. The van der Waals surface area contributed by atoms with Crippen LogP contribution < -0.4 is 15.1 Å². The Hall–Kier alpha value is -2.78. The Morgan fingerprint density at radius 2 is 2.04 bits per heavy atom. The zero-order chi connectivity index (χ0) is 19.4. The number of carbonyl (C=O) groups excluding carboxylic acids is 1. The highest BCUT2D eigenvalue weighted by Gasteiger charge is 2.26. The highest BCUT2D eigenvalue weighted by Crippen LogP contribution is 2.33. The summed E-state index contributed by atoms with van der Waals surface area (Å²) < 4.78 is 0. The van der Waals surface area contributed by atoms with E-state index >= 15 is 0 Å². The molecule has 27 heavy (non-hydrogen) atoms. The maximum Gasteiger partial charge on any atom is 0.227 e. The second-order valence-electron chi connectivity index (χ2n) is 6.80. The molecule has 2 heterocycles. The molecule has 0 radical (unpaired) electrons. The molecule has 0 spiro atoms. The molecule has 1 aromatic carbocycles. The molecule has 1 fully saturated rings. The summed E-state index contributed by atoms with van der Waals surface area (Å²) in [4.78, 5) is 21.1. The predicted molar refractivity (Wildman–Crippen MR) is 108 cm³/mol. The van der Waals surface area contributed by atoms with Crippen LogP contribution in [0, 0.1) is 17.2 Å². The molecule has 1 N–H and O–H groups in total. The van der Waals surface area contributed by atoms with Gasteiger partial charge in [-0.25, -0.2) is 4.98 Å². The number of amides is 1. The number of nitriles is 1. The summed E-state index contributed by atoms with van der Waals surface area (Å²) in [6.07, 6.45) is 3.09. The van der Waals surface area contributed by atoms with Crippen LogP contribution in [0.1, 0.15) is 18.4 Å². The average molecular weight is 384 g/mol. The molecule has 1 aliphatic heterocycles. The van der Waals surface area contributed by atoms with Crippen LogP contribution in [0.3, 0.4) is 0 Å². The Labute approximate surface area is 164 Å². The van der Waals surface area contributed by atoms with E-state index < -0.39 is 0 Å². The molecule has 1 aromatic heterocycles. The first-order chi connectivity index (χ1) is 13.0. The van der Waals surface area contributed by atoms with E-state index in [0.29, 0.717) is 10.6 Å². The summed E-state index contributed by atoms with van der Waals surface area (Å²) in [6, 6.07) is 11.2. The third-order valence-electron chi connectivity index (χ3n) is 4.76. The van der Waals surface area contributed by atoms with Crippen molar-refractivity contribution in [2.75, 3.05) is 42.3 Å². The van der Waals surface area contributed by atoms with Crippen LogP contribution in [0.15, 0.2) is 36.5 Å². The molecular weight excluding hydrogens is 362 g/mol. The van der Waals surface area contributed by atoms with E-state index in [9.17, 15) is 4.79 Å². The first-order valence-corrected chi connectivity index (χ1v) is 9.25. The highest BCUT2D eigenvalue weighted by atomic mass is 35.5. The second-order valence-corrected chi connectivity index (χ2v) is 7.21. The first kappa shape index (κ1) is 19.0. The lowest BCUT2D eigenvalue weighted by molar-refractivity contribution is -0.120. The quantitative estimate of drug-likeness (QED) is 0.874. The highest BCUT2D eigenvalue weighted by molar-refractivity contribution is 6.34. The molecule has 6 nitrogen and oxygen atoms in total. The number of aromatic nitrogens is 1. The zero-order valence-corrected chi connectivity index (χ0v) is 16.2. The molecular formula is C20H22ClN5O. The normalized spacial score (nSPS) is 14.5. The monoisotopic (exact) mass is 383 g/mol. The number of carbonyl (C=O) groups is 1. The van der Waals surface area contributed by atoms with Crippen molar-refractivity contribution in [3.63, 3.8) is 0 Å². The van der Waals surface area contributed by atoms with Gasteiger partial charge in [-0.3, -0.25) is 4.79 Å². The smallest absolute Gasteiger partial charge is 0.227 e. The van der Waals surface area contributed by atoms with Crippen LogP contribution >= 0.6 is 11.6 Å². The molecule has 2 aromatic rings. The minimum absolute atomic E-state index is 0.0211. The van der Waals surface area contributed by atoms with E-state index in [1.165, 1.54) is 0 Å². The summed E-state index contributed by atoms with van der Waals surface area (Å²) in [7, 11) is 3.81. The van der Waals surface area contributed by atoms with Crippen molar-refractivity contribution in [1.82, 2.24) is 4.98 Å². The fourth-order valence-electron chi connectivity index (χ4n) is 3.32. The lowest BCUT2D eigenvalue weighted by Crippen LogP contribution is -2.38. The number of piperidine rings is 1. The lowest BCUT2D eigenvalue weighted by atomic mass is 9.95. The molecule has 1 aliphatic rings. The maximum absolute atomic E-state index is 12.7. The minimum Gasteiger partial charge on any atom is -0.375 e. The Kier molecular flexibility index (Phi) is 5.82. The van der Waals surface area contributed by atoms with Crippen LogP contribution in [-0.2, 0) is 4.79 Å². The van der Waals surface area contributed by atoms with Crippen molar-refractivity contribution in [2.45, 2.75) is 12.8 Å². The van der Waals surface area contributed by atoms with E-state index in [1.807, 2.05) is 43.3 Å². The summed E-state index contributed by atoms with van der Waals surface area (Å²) >= 11 is 6.28. The van der Waals surface area contributed by atoms with Gasteiger partial charge in [-0.2, -0.15) is 5.26 Å². The van der Waals surface area contributed by atoms with Gasteiger partial charge in [0.05, 0.1) is 22.0 Å². The number of hydrogen-bond donors (Lipinski definition) is 1. The Balaban J connectivity index is 1.62. The molecule has 0 bridgehead atoms. The molecule has 1 saturated heterocycles. The predicted octanol–water partition coefficient (Wildman–Crippen LogP) is 3.53. The van der Waals surface area contributed by atoms with Gasteiger partial charge in [0.25, 0.3) is 0 Å². The van der Waals surface area contributed by atoms with Gasteiger partial charge in [0.1, 0.15) is 11.9 Å². The SMILES string of the molecule is CN(C)c1c(Cl)cccc1NC(=O)C1CCN(c2ccc(C#N)cn2)CC1. The van der Waals surface area contributed by atoms with Crippen molar-refractivity contribution in [3.8, 4) is 6.07 Å². The van der Waals surface area contributed by atoms with Crippen LogP contribution in [0.2, 0.25) is 5.02 Å². The Morgan fingerprint density at radius 3 is 2.63 bits per heavy atom. The molecule has 140 valence electrons. The number of halogens is 1. The van der Waals surface area contributed by atoms with Crippen molar-refractivity contribution in [1.29, 1.82) is 5.26 Å². The van der Waals surface area contributed by atoms with Crippen molar-refractivity contribution in [3.05, 3.63) is 47.1 Å². The van der Waals surface area contributed by atoms with Gasteiger partial charge in [0.15, 0.2) is 0 Å². The van der Waals surface area contributed by atoms with Gasteiger partial charge in [0, 0.05) is 39.3 Å². The van der Waals surface area contributed by atoms with E-state index in [0.717, 1.165) is 43.1 Å². The van der Waals surface area contributed by atoms with Gasteiger partial charge in [-0.05, 0) is 37.1 Å². The van der Waals surface area contributed by atoms with Crippen molar-refractivity contribution < 1.29 is 4.79 Å². The number of nitrogens with one attached hydrogen (secondary N) is 1. The van der Waals surface area contributed by atoms with Crippen molar-refractivity contribution in [2.24, 2.45) is 5.92 Å². The van der Waals surface area contributed by atoms with Crippen LogP contribution in [0.5, 0.6) is 0 Å². The Bertz CT molecular complexity index is 852. The third kappa shape index (κ3) is 4.32. The number of benzene rings is 1. The van der Waals surface area contributed by atoms with Crippen LogP contribution in [0.25, 0.3) is 0 Å². The number of hydrogen-bond acceptors (Lipinski definition) is 5. The lowest BCUT2D eigenvalue weighted by Gasteiger charge is -2.32. The average Bonchev–Trinajstić information content (AvgIpc) is 2.68. The van der Waals surface area contributed by atoms with E-state index in [4.69, 9.17) is 16.9 Å². The molecule has 0 saturated carbocycles. The minimum atomic E-state index is -0.0476. The van der Waals surface area contributed by atoms with Gasteiger partial charge in [0.2, 0.25) is 5.91 Å². The van der Waals surface area contributed by atoms with Gasteiger partial charge >= 0.3 is 0 Å². The maximum atomic E-state index is 12.7. The summed E-state index contributed by atoms with van der Waals surface area (Å²) in [5, 5.41) is 12.5. The summed E-state index contributed by atoms with van der Waals surface area (Å²) in [5.41, 5.74) is 2.09. The molecule has 0 unspecified atom stereocenters. The topological polar surface area (TPSA) is 72.3 Å². The zero-order valence-electron chi connectivity index (χ0n) is 15.4. The van der Waals surface area contributed by atoms with E-state index in [1.54, 1.807) is 12.3 Å². The number of nitrogens with zero attached hydrogens (tertiary/aromatic N) is 4.